The van der Waals surface area contributed by atoms with Crippen LogP contribution in [0.25, 0.3) is 0 Å². The van der Waals surface area contributed by atoms with E-state index in [-0.39, 0.29) is 6.04 Å². The van der Waals surface area contributed by atoms with Crippen molar-refractivity contribution in [1.29, 1.82) is 0 Å². The lowest BCUT2D eigenvalue weighted by Crippen LogP contribution is -2.13. The van der Waals surface area contributed by atoms with Crippen molar-refractivity contribution in [3.8, 4) is 5.75 Å². The van der Waals surface area contributed by atoms with Crippen LogP contribution in [0.4, 0.5) is 8.78 Å². The van der Waals surface area contributed by atoms with Gasteiger partial charge in [0, 0.05) is 12.1 Å². The molecular weight excluding hydrogens is 272 g/mol. The summed E-state index contributed by atoms with van der Waals surface area (Å²) in [5.74, 6) is -0.370. The van der Waals surface area contributed by atoms with E-state index in [1.54, 1.807) is 0 Å². The Kier molecular flexibility index (Phi) is 5.28. The summed E-state index contributed by atoms with van der Waals surface area (Å²) in [5, 5.41) is 0. The van der Waals surface area contributed by atoms with Crippen LogP contribution in [0.15, 0.2) is 42.5 Å². The Balaban J connectivity index is 2.04. The maximum Gasteiger partial charge on any atom is 0.126 e. The standard InChI is InChI=1S/C17H19F2NO/c1-2-7-21-16-5-3-13(4-6-16)17(20)10-12-8-14(18)11-15(19)9-12/h3-6,8-9,11,17H,2,7,10,20H2,1H3. The largest absolute Gasteiger partial charge is 0.494 e. The fourth-order valence-electron chi connectivity index (χ4n) is 2.13. The molecule has 4 heteroatoms. The first kappa shape index (κ1) is 15.4. The topological polar surface area (TPSA) is 35.2 Å². The van der Waals surface area contributed by atoms with Gasteiger partial charge in [0.15, 0.2) is 0 Å². The lowest BCUT2D eigenvalue weighted by atomic mass is 9.99. The molecule has 21 heavy (non-hydrogen) atoms. The summed E-state index contributed by atoms with van der Waals surface area (Å²) in [5.41, 5.74) is 7.55. The van der Waals surface area contributed by atoms with E-state index in [1.165, 1.54) is 12.1 Å². The molecule has 0 aliphatic heterocycles. The van der Waals surface area contributed by atoms with Crippen molar-refractivity contribution in [3.05, 3.63) is 65.2 Å². The molecule has 0 saturated heterocycles. The summed E-state index contributed by atoms with van der Waals surface area (Å²) in [6.45, 7) is 2.72. The quantitative estimate of drug-likeness (QED) is 0.873. The lowest BCUT2D eigenvalue weighted by Gasteiger charge is -2.13. The molecule has 2 nitrogen and oxygen atoms in total. The molecule has 0 aliphatic rings. The first-order valence-electron chi connectivity index (χ1n) is 7.02. The summed E-state index contributed by atoms with van der Waals surface area (Å²) >= 11 is 0. The average molecular weight is 291 g/mol. The van der Waals surface area contributed by atoms with Crippen LogP contribution in [0.1, 0.15) is 30.5 Å². The number of rotatable bonds is 6. The van der Waals surface area contributed by atoms with Crippen LogP contribution in [0, 0.1) is 11.6 Å². The summed E-state index contributed by atoms with van der Waals surface area (Å²) in [6, 6.07) is 10.6. The Labute approximate surface area is 123 Å². The van der Waals surface area contributed by atoms with Gasteiger partial charge < -0.3 is 10.5 Å². The second-order valence-electron chi connectivity index (χ2n) is 5.01. The van der Waals surface area contributed by atoms with Crippen molar-refractivity contribution in [1.82, 2.24) is 0 Å². The summed E-state index contributed by atoms with van der Waals surface area (Å²) in [4.78, 5) is 0. The van der Waals surface area contributed by atoms with Gasteiger partial charge >= 0.3 is 0 Å². The molecule has 1 atom stereocenters. The molecule has 0 bridgehead atoms. The van der Waals surface area contributed by atoms with Gasteiger partial charge in [-0.2, -0.15) is 0 Å². The highest BCUT2D eigenvalue weighted by molar-refractivity contribution is 5.30. The highest BCUT2D eigenvalue weighted by atomic mass is 19.1. The van der Waals surface area contributed by atoms with Gasteiger partial charge in [-0.15, -0.1) is 0 Å². The molecule has 0 aliphatic carbocycles. The van der Waals surface area contributed by atoms with Gasteiger partial charge in [-0.3, -0.25) is 0 Å². The van der Waals surface area contributed by atoms with Crippen LogP contribution in [0.2, 0.25) is 0 Å². The van der Waals surface area contributed by atoms with E-state index in [0.29, 0.717) is 18.6 Å². The van der Waals surface area contributed by atoms with Gasteiger partial charge in [-0.1, -0.05) is 19.1 Å². The molecule has 0 amide bonds. The van der Waals surface area contributed by atoms with E-state index in [9.17, 15) is 8.78 Å². The second-order valence-corrected chi connectivity index (χ2v) is 5.01. The van der Waals surface area contributed by atoms with Gasteiger partial charge in [0.1, 0.15) is 17.4 Å². The number of hydrogen-bond donors (Lipinski definition) is 1. The number of benzene rings is 2. The molecule has 0 spiro atoms. The van der Waals surface area contributed by atoms with Crippen molar-refractivity contribution in [2.45, 2.75) is 25.8 Å². The molecule has 0 fully saturated rings. The molecule has 0 saturated carbocycles. The Bertz CT molecular complexity index is 564. The third-order valence-corrected chi connectivity index (χ3v) is 3.16. The van der Waals surface area contributed by atoms with Gasteiger partial charge in [-0.25, -0.2) is 8.78 Å². The molecule has 2 aromatic carbocycles. The minimum Gasteiger partial charge on any atom is -0.494 e. The van der Waals surface area contributed by atoms with E-state index in [1.807, 2.05) is 31.2 Å². The van der Waals surface area contributed by atoms with Gasteiger partial charge in [0.25, 0.3) is 0 Å². The van der Waals surface area contributed by atoms with Gasteiger partial charge in [0.2, 0.25) is 0 Å². The smallest absolute Gasteiger partial charge is 0.126 e. The minimum absolute atomic E-state index is 0.313. The van der Waals surface area contributed by atoms with Crippen molar-refractivity contribution < 1.29 is 13.5 Å². The lowest BCUT2D eigenvalue weighted by molar-refractivity contribution is 0.317. The van der Waals surface area contributed by atoms with E-state index < -0.39 is 11.6 Å². The molecule has 2 aromatic rings. The van der Waals surface area contributed by atoms with Crippen molar-refractivity contribution in [2.24, 2.45) is 5.73 Å². The van der Waals surface area contributed by atoms with Crippen LogP contribution < -0.4 is 10.5 Å². The Hall–Kier alpha value is -1.94. The van der Waals surface area contributed by atoms with Gasteiger partial charge in [0.05, 0.1) is 6.61 Å². The molecule has 0 heterocycles. The van der Waals surface area contributed by atoms with Crippen LogP contribution in [-0.4, -0.2) is 6.61 Å². The van der Waals surface area contributed by atoms with E-state index in [2.05, 4.69) is 0 Å². The molecule has 0 aromatic heterocycles. The minimum atomic E-state index is -0.583. The predicted octanol–water partition coefficient (Wildman–Crippen LogP) is 4.00. The molecule has 2 N–H and O–H groups in total. The predicted molar refractivity (Wildman–Crippen MR) is 79.2 cm³/mol. The Morgan fingerprint density at radius 2 is 1.67 bits per heavy atom. The zero-order chi connectivity index (χ0) is 15.2. The average Bonchev–Trinajstić information content (AvgIpc) is 2.44. The second kappa shape index (κ2) is 7.18. The van der Waals surface area contributed by atoms with Crippen LogP contribution in [0.5, 0.6) is 5.75 Å². The highest BCUT2D eigenvalue weighted by Crippen LogP contribution is 2.20. The van der Waals surface area contributed by atoms with Crippen LogP contribution in [-0.2, 0) is 6.42 Å². The molecule has 0 radical (unpaired) electrons. The first-order chi connectivity index (χ1) is 10.1. The van der Waals surface area contributed by atoms with Crippen molar-refractivity contribution >= 4 is 0 Å². The van der Waals surface area contributed by atoms with Crippen molar-refractivity contribution in [2.75, 3.05) is 6.61 Å². The van der Waals surface area contributed by atoms with Crippen LogP contribution >= 0.6 is 0 Å². The fourth-order valence-corrected chi connectivity index (χ4v) is 2.13. The monoisotopic (exact) mass is 291 g/mol. The first-order valence-corrected chi connectivity index (χ1v) is 7.02. The molecular formula is C17H19F2NO. The summed E-state index contributed by atoms with van der Waals surface area (Å²) in [6.07, 6.45) is 1.33. The maximum atomic E-state index is 13.2. The zero-order valence-electron chi connectivity index (χ0n) is 12.0. The van der Waals surface area contributed by atoms with Crippen molar-refractivity contribution in [3.63, 3.8) is 0 Å². The number of hydrogen-bond acceptors (Lipinski definition) is 2. The third kappa shape index (κ3) is 4.53. The summed E-state index contributed by atoms with van der Waals surface area (Å²) < 4.78 is 31.8. The molecule has 1 unspecified atom stereocenters. The summed E-state index contributed by atoms with van der Waals surface area (Å²) in [7, 11) is 0. The fraction of sp³-hybridized carbons (Fsp3) is 0.294. The Morgan fingerprint density at radius 1 is 1.05 bits per heavy atom. The van der Waals surface area contributed by atoms with Crippen LogP contribution in [0.3, 0.4) is 0 Å². The zero-order valence-corrected chi connectivity index (χ0v) is 12.0. The number of nitrogens with two attached hydrogens (primary N) is 1. The van der Waals surface area contributed by atoms with E-state index in [4.69, 9.17) is 10.5 Å². The van der Waals surface area contributed by atoms with E-state index in [0.717, 1.165) is 23.8 Å². The SMILES string of the molecule is CCCOc1ccc(C(N)Cc2cc(F)cc(F)c2)cc1. The number of ether oxygens (including phenoxy) is 1. The molecule has 112 valence electrons. The molecule has 2 rings (SSSR count). The van der Waals surface area contributed by atoms with E-state index >= 15 is 0 Å². The highest BCUT2D eigenvalue weighted by Gasteiger charge is 2.09. The Morgan fingerprint density at radius 3 is 2.24 bits per heavy atom. The maximum absolute atomic E-state index is 13.2. The third-order valence-electron chi connectivity index (χ3n) is 3.16. The normalized spacial score (nSPS) is 12.2. The van der Waals surface area contributed by atoms with Gasteiger partial charge in [-0.05, 0) is 48.2 Å². The number of halogens is 2.